The second kappa shape index (κ2) is 7.29. The van der Waals surface area contributed by atoms with Crippen LogP contribution in [0.1, 0.15) is 26.7 Å². The molecule has 106 valence electrons. The fourth-order valence-corrected chi connectivity index (χ4v) is 2.73. The number of aliphatic carboxylic acids is 2. The molecule has 0 heterocycles. The maximum absolute atomic E-state index is 11.8. The third kappa shape index (κ3) is 5.43. The number of rotatable bonds is 9. The lowest BCUT2D eigenvalue weighted by molar-refractivity contribution is -0.140. The van der Waals surface area contributed by atoms with E-state index in [9.17, 15) is 18.0 Å². The number of carbonyl (C=O) groups is 2. The van der Waals surface area contributed by atoms with E-state index in [2.05, 4.69) is 0 Å². The molecule has 0 aliphatic carbocycles. The number of carboxylic acids is 2. The van der Waals surface area contributed by atoms with Crippen LogP contribution in [0.2, 0.25) is 0 Å². The Labute approximate surface area is 106 Å². The van der Waals surface area contributed by atoms with Crippen LogP contribution < -0.4 is 4.72 Å². The first-order valence-corrected chi connectivity index (χ1v) is 6.90. The molecule has 9 heteroatoms. The van der Waals surface area contributed by atoms with E-state index in [1.165, 1.54) is 0 Å². The second-order valence-corrected chi connectivity index (χ2v) is 5.23. The van der Waals surface area contributed by atoms with Crippen molar-refractivity contribution in [3.05, 3.63) is 0 Å². The fourth-order valence-electron chi connectivity index (χ4n) is 1.32. The predicted octanol–water partition coefficient (Wildman–Crippen LogP) is -0.519. The lowest BCUT2D eigenvalue weighted by atomic mass is 10.2. The van der Waals surface area contributed by atoms with Crippen molar-refractivity contribution in [1.29, 1.82) is 0 Å². The van der Waals surface area contributed by atoms with Gasteiger partial charge in [0, 0.05) is 19.5 Å². The van der Waals surface area contributed by atoms with E-state index in [1.807, 2.05) is 4.72 Å². The summed E-state index contributed by atoms with van der Waals surface area (Å²) < 4.78 is 26.6. The molecule has 3 N–H and O–H groups in total. The smallest absolute Gasteiger partial charge is 0.321 e. The lowest BCUT2D eigenvalue weighted by Crippen LogP contribution is -2.48. The van der Waals surface area contributed by atoms with Gasteiger partial charge in [0.1, 0.15) is 6.04 Å². The summed E-state index contributed by atoms with van der Waals surface area (Å²) in [7, 11) is -3.91. The Kier molecular flexibility index (Phi) is 6.81. The quantitative estimate of drug-likeness (QED) is 0.522. The van der Waals surface area contributed by atoms with Gasteiger partial charge in [0.25, 0.3) is 10.2 Å². The Bertz CT molecular complexity index is 390. The first-order valence-electron chi connectivity index (χ1n) is 5.46. The van der Waals surface area contributed by atoms with Crippen LogP contribution >= 0.6 is 0 Å². The topological polar surface area (TPSA) is 124 Å². The van der Waals surface area contributed by atoms with Crippen LogP contribution in [0.3, 0.4) is 0 Å². The summed E-state index contributed by atoms with van der Waals surface area (Å²) in [4.78, 5) is 21.2. The molecule has 18 heavy (non-hydrogen) atoms. The standard InChI is InChI=1S/C9H18N2O6S/c1-3-11(4-2)18(16,17)10-7(9(14)15)5-6-8(12)13/h7,10H,3-6H2,1-2H3,(H,12,13)(H,14,15). The molecule has 0 aromatic rings. The third-order valence-electron chi connectivity index (χ3n) is 2.28. The molecule has 0 rings (SSSR count). The Morgan fingerprint density at radius 1 is 1.22 bits per heavy atom. The van der Waals surface area contributed by atoms with E-state index in [0.717, 1.165) is 4.31 Å². The van der Waals surface area contributed by atoms with Gasteiger partial charge in [-0.05, 0) is 6.42 Å². The van der Waals surface area contributed by atoms with Crippen molar-refractivity contribution in [2.75, 3.05) is 13.1 Å². The summed E-state index contributed by atoms with van der Waals surface area (Å²) in [6, 6.07) is -1.44. The molecular formula is C9H18N2O6S. The molecule has 0 radical (unpaired) electrons. The highest BCUT2D eigenvalue weighted by molar-refractivity contribution is 7.87. The van der Waals surface area contributed by atoms with Crippen LogP contribution in [-0.4, -0.2) is 54.0 Å². The zero-order chi connectivity index (χ0) is 14.3. The summed E-state index contributed by atoms with van der Waals surface area (Å²) in [5.41, 5.74) is 0. The zero-order valence-corrected chi connectivity index (χ0v) is 11.1. The molecular weight excluding hydrogens is 264 g/mol. The molecule has 0 aromatic heterocycles. The van der Waals surface area contributed by atoms with Crippen LogP contribution in [0, 0.1) is 0 Å². The summed E-state index contributed by atoms with van der Waals surface area (Å²) in [6.07, 6.45) is -0.719. The van der Waals surface area contributed by atoms with Crippen LogP contribution in [-0.2, 0) is 19.8 Å². The van der Waals surface area contributed by atoms with E-state index in [-0.39, 0.29) is 19.5 Å². The first kappa shape index (κ1) is 16.8. The fraction of sp³-hybridized carbons (Fsp3) is 0.778. The minimum absolute atomic E-state index is 0.205. The average Bonchev–Trinajstić information content (AvgIpc) is 2.24. The van der Waals surface area contributed by atoms with Gasteiger partial charge in [-0.25, -0.2) is 0 Å². The molecule has 1 unspecified atom stereocenters. The van der Waals surface area contributed by atoms with Gasteiger partial charge in [0.05, 0.1) is 0 Å². The zero-order valence-electron chi connectivity index (χ0n) is 10.3. The van der Waals surface area contributed by atoms with Crippen LogP contribution in [0.25, 0.3) is 0 Å². The minimum atomic E-state index is -3.91. The van der Waals surface area contributed by atoms with Gasteiger partial charge in [0.15, 0.2) is 0 Å². The van der Waals surface area contributed by atoms with Gasteiger partial charge < -0.3 is 10.2 Å². The van der Waals surface area contributed by atoms with E-state index in [4.69, 9.17) is 10.2 Å². The molecule has 0 amide bonds. The molecule has 8 nitrogen and oxygen atoms in total. The molecule has 0 aliphatic heterocycles. The van der Waals surface area contributed by atoms with Gasteiger partial charge in [-0.15, -0.1) is 0 Å². The highest BCUT2D eigenvalue weighted by Crippen LogP contribution is 2.04. The van der Waals surface area contributed by atoms with E-state index in [0.29, 0.717) is 0 Å². The Hall–Kier alpha value is -1.19. The van der Waals surface area contributed by atoms with E-state index >= 15 is 0 Å². The first-order chi connectivity index (χ1) is 8.24. The maximum Gasteiger partial charge on any atom is 0.321 e. The molecule has 0 saturated heterocycles. The molecule has 0 aliphatic rings. The average molecular weight is 282 g/mol. The Morgan fingerprint density at radius 2 is 1.72 bits per heavy atom. The molecule has 0 fully saturated rings. The molecule has 1 atom stereocenters. The van der Waals surface area contributed by atoms with Crippen molar-refractivity contribution < 1.29 is 28.2 Å². The van der Waals surface area contributed by atoms with Gasteiger partial charge in [-0.2, -0.15) is 17.4 Å². The van der Waals surface area contributed by atoms with E-state index < -0.39 is 34.6 Å². The SMILES string of the molecule is CCN(CC)S(=O)(=O)NC(CCC(=O)O)C(=O)O. The molecule has 0 saturated carbocycles. The normalized spacial score (nSPS) is 13.5. The second-order valence-electron chi connectivity index (χ2n) is 3.53. The van der Waals surface area contributed by atoms with Crippen molar-refractivity contribution in [2.24, 2.45) is 0 Å². The van der Waals surface area contributed by atoms with Crippen LogP contribution in [0.5, 0.6) is 0 Å². The summed E-state index contributed by atoms with van der Waals surface area (Å²) >= 11 is 0. The van der Waals surface area contributed by atoms with Crippen molar-refractivity contribution in [3.8, 4) is 0 Å². The van der Waals surface area contributed by atoms with Crippen molar-refractivity contribution in [1.82, 2.24) is 9.03 Å². The number of nitrogens with zero attached hydrogens (tertiary/aromatic N) is 1. The summed E-state index contributed by atoms with van der Waals surface area (Å²) in [5, 5.41) is 17.3. The van der Waals surface area contributed by atoms with E-state index in [1.54, 1.807) is 13.8 Å². The van der Waals surface area contributed by atoms with Crippen molar-refractivity contribution in [2.45, 2.75) is 32.7 Å². The number of carboxylic acid groups (broad SMARTS) is 2. The van der Waals surface area contributed by atoms with Crippen molar-refractivity contribution in [3.63, 3.8) is 0 Å². The summed E-state index contributed by atoms with van der Waals surface area (Å²) in [6.45, 7) is 3.65. The largest absolute Gasteiger partial charge is 0.481 e. The monoisotopic (exact) mass is 282 g/mol. The lowest BCUT2D eigenvalue weighted by Gasteiger charge is -2.21. The molecule has 0 aromatic carbocycles. The minimum Gasteiger partial charge on any atom is -0.481 e. The Morgan fingerprint density at radius 3 is 2.06 bits per heavy atom. The van der Waals surface area contributed by atoms with Gasteiger partial charge in [0.2, 0.25) is 0 Å². The van der Waals surface area contributed by atoms with Crippen LogP contribution in [0.4, 0.5) is 0 Å². The predicted molar refractivity (Wildman–Crippen MR) is 63.3 cm³/mol. The number of nitrogens with one attached hydrogen (secondary N) is 1. The van der Waals surface area contributed by atoms with Crippen molar-refractivity contribution >= 4 is 22.1 Å². The van der Waals surface area contributed by atoms with Gasteiger partial charge in [-0.1, -0.05) is 13.8 Å². The molecule has 0 bridgehead atoms. The summed E-state index contributed by atoms with van der Waals surface area (Å²) in [5.74, 6) is -2.57. The molecule has 0 spiro atoms. The number of hydrogen-bond acceptors (Lipinski definition) is 4. The van der Waals surface area contributed by atoms with Gasteiger partial charge in [-0.3, -0.25) is 9.59 Å². The van der Waals surface area contributed by atoms with Gasteiger partial charge >= 0.3 is 11.9 Å². The number of hydrogen-bond donors (Lipinski definition) is 3. The third-order valence-corrected chi connectivity index (χ3v) is 4.06. The highest BCUT2D eigenvalue weighted by atomic mass is 32.2. The maximum atomic E-state index is 11.8. The van der Waals surface area contributed by atoms with Crippen LogP contribution in [0.15, 0.2) is 0 Å². The highest BCUT2D eigenvalue weighted by Gasteiger charge is 2.27. The Balaban J connectivity index is 4.77.